The van der Waals surface area contributed by atoms with Crippen molar-refractivity contribution in [2.45, 2.75) is 0 Å². The molecule has 5 nitrogen and oxygen atoms in total. The topological polar surface area (TPSA) is 66.4 Å². The summed E-state index contributed by atoms with van der Waals surface area (Å²) < 4.78 is 0. The maximum absolute atomic E-state index is 11.9. The fourth-order valence-corrected chi connectivity index (χ4v) is 3.30. The Morgan fingerprint density at radius 1 is 1.38 bits per heavy atom. The molecule has 2 heterocycles. The molecule has 0 atom stereocenters. The molecule has 1 aliphatic rings. The summed E-state index contributed by atoms with van der Waals surface area (Å²) in [5.41, 5.74) is 1.93. The molecule has 2 N–H and O–H groups in total. The third kappa shape index (κ3) is 3.83. The van der Waals surface area contributed by atoms with E-state index >= 15 is 0 Å². The predicted molar refractivity (Wildman–Crippen MR) is 88.9 cm³/mol. The van der Waals surface area contributed by atoms with Crippen molar-refractivity contribution in [3.8, 4) is 11.3 Å². The summed E-state index contributed by atoms with van der Waals surface area (Å²) in [4.78, 5) is 20.5. The van der Waals surface area contributed by atoms with Crippen molar-refractivity contribution in [2.24, 2.45) is 4.99 Å². The number of benzene rings is 1. The van der Waals surface area contributed by atoms with Gasteiger partial charge >= 0.3 is 0 Å². The lowest BCUT2D eigenvalue weighted by Gasteiger charge is -2.02. The lowest BCUT2D eigenvalue weighted by molar-refractivity contribution is -0.113. The number of anilines is 1. The zero-order valence-electron chi connectivity index (χ0n) is 11.2. The van der Waals surface area contributed by atoms with E-state index in [4.69, 9.17) is 0 Å². The molecule has 1 aliphatic heterocycles. The molecule has 21 heavy (non-hydrogen) atoms. The molecule has 3 rings (SSSR count). The van der Waals surface area contributed by atoms with Crippen LogP contribution in [0.1, 0.15) is 0 Å². The number of carbonyl (C=O) groups is 1. The van der Waals surface area contributed by atoms with E-state index in [1.807, 2.05) is 35.7 Å². The second-order valence-corrected chi connectivity index (χ2v) is 6.18. The zero-order valence-corrected chi connectivity index (χ0v) is 12.8. The van der Waals surface area contributed by atoms with Crippen LogP contribution in [0.5, 0.6) is 0 Å². The Kier molecular flexibility index (Phi) is 4.52. The number of amidine groups is 1. The minimum Gasteiger partial charge on any atom is -0.363 e. The first-order valence-electron chi connectivity index (χ1n) is 6.53. The molecule has 0 radical (unpaired) electrons. The molecule has 1 aromatic heterocycles. The van der Waals surface area contributed by atoms with E-state index in [2.05, 4.69) is 20.6 Å². The highest BCUT2D eigenvalue weighted by Gasteiger charge is 2.11. The Morgan fingerprint density at radius 3 is 3.00 bits per heavy atom. The summed E-state index contributed by atoms with van der Waals surface area (Å²) >= 11 is 2.85. The number of aromatic nitrogens is 1. The van der Waals surface area contributed by atoms with Crippen molar-refractivity contribution in [3.63, 3.8) is 0 Å². The van der Waals surface area contributed by atoms with Crippen LogP contribution in [0.15, 0.2) is 40.7 Å². The van der Waals surface area contributed by atoms with Gasteiger partial charge in [-0.25, -0.2) is 4.98 Å². The number of hydrogen-bond acceptors (Lipinski definition) is 6. The van der Waals surface area contributed by atoms with Crippen LogP contribution in [0, 0.1) is 0 Å². The fraction of sp³-hybridized carbons (Fsp3) is 0.214. The maximum atomic E-state index is 11.9. The first-order valence-corrected chi connectivity index (χ1v) is 8.40. The molecule has 0 saturated carbocycles. The largest absolute Gasteiger partial charge is 0.363 e. The van der Waals surface area contributed by atoms with E-state index in [1.165, 1.54) is 23.1 Å². The monoisotopic (exact) mass is 318 g/mol. The lowest BCUT2D eigenvalue weighted by atomic mass is 10.2. The average Bonchev–Trinajstić information content (AvgIpc) is 3.17. The van der Waals surface area contributed by atoms with Gasteiger partial charge in [-0.15, -0.1) is 11.3 Å². The smallest absolute Gasteiger partial charge is 0.236 e. The van der Waals surface area contributed by atoms with Crippen molar-refractivity contribution in [1.82, 2.24) is 10.3 Å². The van der Waals surface area contributed by atoms with Crippen molar-refractivity contribution < 1.29 is 4.79 Å². The van der Waals surface area contributed by atoms with Crippen LogP contribution in [0.2, 0.25) is 0 Å². The first-order chi connectivity index (χ1) is 10.3. The summed E-state index contributed by atoms with van der Waals surface area (Å²) in [7, 11) is 0. The van der Waals surface area contributed by atoms with Crippen LogP contribution in [-0.4, -0.2) is 34.9 Å². The van der Waals surface area contributed by atoms with Gasteiger partial charge in [0.05, 0.1) is 18.0 Å². The van der Waals surface area contributed by atoms with E-state index in [1.54, 1.807) is 0 Å². The van der Waals surface area contributed by atoms with E-state index in [0.29, 0.717) is 10.9 Å². The summed E-state index contributed by atoms with van der Waals surface area (Å²) in [6, 6.07) is 9.91. The molecular weight excluding hydrogens is 304 g/mol. The van der Waals surface area contributed by atoms with Gasteiger partial charge in [-0.3, -0.25) is 9.79 Å². The molecule has 0 bridgehead atoms. The third-order valence-electron chi connectivity index (χ3n) is 2.80. The Balaban J connectivity index is 1.55. The maximum Gasteiger partial charge on any atom is 0.236 e. The molecule has 0 aliphatic carbocycles. The van der Waals surface area contributed by atoms with Crippen LogP contribution < -0.4 is 10.6 Å². The average molecular weight is 318 g/mol. The highest BCUT2D eigenvalue weighted by molar-refractivity contribution is 8.14. The molecule has 0 saturated heterocycles. The summed E-state index contributed by atoms with van der Waals surface area (Å²) in [6.45, 7) is 1.65. The van der Waals surface area contributed by atoms with Gasteiger partial charge in [-0.1, -0.05) is 42.1 Å². The highest BCUT2D eigenvalue weighted by Crippen LogP contribution is 2.24. The third-order valence-corrected chi connectivity index (χ3v) is 4.51. The van der Waals surface area contributed by atoms with Crippen molar-refractivity contribution in [1.29, 1.82) is 0 Å². The minimum atomic E-state index is -0.0645. The van der Waals surface area contributed by atoms with Crippen LogP contribution in [-0.2, 0) is 4.79 Å². The van der Waals surface area contributed by atoms with Gasteiger partial charge in [0.25, 0.3) is 0 Å². The van der Waals surface area contributed by atoms with Gasteiger partial charge in [0.2, 0.25) is 5.91 Å². The van der Waals surface area contributed by atoms with Gasteiger partial charge in [-0.05, 0) is 0 Å². The van der Waals surface area contributed by atoms with Crippen LogP contribution in [0.25, 0.3) is 11.3 Å². The normalized spacial score (nSPS) is 13.6. The second-order valence-electron chi connectivity index (χ2n) is 4.35. The predicted octanol–water partition coefficient (Wildman–Crippen LogP) is 2.44. The molecule has 1 amide bonds. The Labute approximate surface area is 130 Å². The number of nitrogens with zero attached hydrogens (tertiary/aromatic N) is 2. The van der Waals surface area contributed by atoms with E-state index in [-0.39, 0.29) is 5.91 Å². The molecule has 1 aromatic carbocycles. The summed E-state index contributed by atoms with van der Waals surface area (Å²) in [5, 5.41) is 9.36. The Morgan fingerprint density at radius 2 is 2.24 bits per heavy atom. The van der Waals surface area contributed by atoms with Gasteiger partial charge in [-0.2, -0.15) is 0 Å². The standard InChI is InChI=1S/C14H14N4OS2/c19-12(9-21-13-15-6-7-16-13)18-14-17-11(8-20-14)10-4-2-1-3-5-10/h1-5,8H,6-7,9H2,(H,15,16)(H,17,18,19). The molecule has 0 fully saturated rings. The summed E-state index contributed by atoms with van der Waals surface area (Å²) in [6.07, 6.45) is 0. The number of thioether (sulfide) groups is 1. The van der Waals surface area contributed by atoms with Gasteiger partial charge in [0.15, 0.2) is 10.3 Å². The van der Waals surface area contributed by atoms with E-state index < -0.39 is 0 Å². The van der Waals surface area contributed by atoms with Gasteiger partial charge < -0.3 is 10.6 Å². The van der Waals surface area contributed by atoms with Crippen LogP contribution in [0.3, 0.4) is 0 Å². The molecule has 108 valence electrons. The second kappa shape index (κ2) is 6.73. The number of thiazole rings is 1. The number of aliphatic imine (C=N–C) groups is 1. The molecule has 0 spiro atoms. The molecule has 7 heteroatoms. The zero-order chi connectivity index (χ0) is 14.5. The van der Waals surface area contributed by atoms with Crippen molar-refractivity contribution in [2.75, 3.05) is 24.2 Å². The van der Waals surface area contributed by atoms with E-state index in [0.717, 1.165) is 29.5 Å². The SMILES string of the molecule is O=C(CSC1=NCCN1)Nc1nc(-c2ccccc2)cs1. The Hall–Kier alpha value is -1.86. The van der Waals surface area contributed by atoms with Crippen LogP contribution >= 0.6 is 23.1 Å². The number of hydrogen-bond donors (Lipinski definition) is 2. The number of rotatable bonds is 4. The fourth-order valence-electron chi connectivity index (χ4n) is 1.83. The van der Waals surface area contributed by atoms with Gasteiger partial charge in [0, 0.05) is 17.5 Å². The van der Waals surface area contributed by atoms with Gasteiger partial charge in [0.1, 0.15) is 0 Å². The molecular formula is C14H14N4OS2. The highest BCUT2D eigenvalue weighted by atomic mass is 32.2. The molecule has 0 unspecified atom stereocenters. The number of carbonyl (C=O) groups excluding carboxylic acids is 1. The number of amides is 1. The lowest BCUT2D eigenvalue weighted by Crippen LogP contribution is -2.20. The quantitative estimate of drug-likeness (QED) is 0.909. The Bertz CT molecular complexity index is 654. The number of nitrogens with one attached hydrogen (secondary N) is 2. The van der Waals surface area contributed by atoms with Crippen molar-refractivity contribution >= 4 is 39.3 Å². The molecule has 2 aromatic rings. The minimum absolute atomic E-state index is 0.0645. The first kappa shape index (κ1) is 14.1. The van der Waals surface area contributed by atoms with Crippen molar-refractivity contribution in [3.05, 3.63) is 35.7 Å². The summed E-state index contributed by atoms with van der Waals surface area (Å²) in [5.74, 6) is 0.275. The van der Waals surface area contributed by atoms with E-state index in [9.17, 15) is 4.79 Å². The van der Waals surface area contributed by atoms with Crippen LogP contribution in [0.4, 0.5) is 5.13 Å².